The fraction of sp³-hybridized carbons (Fsp3) is 0.308. The smallest absolute Gasteiger partial charge is 0.144 e. The second-order valence-electron chi connectivity index (χ2n) is 4.02. The van der Waals surface area contributed by atoms with E-state index in [0.717, 1.165) is 29.1 Å². The molecule has 0 saturated carbocycles. The van der Waals surface area contributed by atoms with E-state index in [9.17, 15) is 0 Å². The molecular weight excluding hydrogens is 250 g/mol. The first-order valence-electron chi connectivity index (χ1n) is 5.75. The van der Waals surface area contributed by atoms with Crippen molar-refractivity contribution in [1.29, 1.82) is 0 Å². The SMILES string of the molecule is COc1ccc(Cl)cc1-n1ncc(CCN)c1C. The molecule has 0 aliphatic rings. The maximum Gasteiger partial charge on any atom is 0.144 e. The van der Waals surface area contributed by atoms with Gasteiger partial charge in [-0.15, -0.1) is 0 Å². The first kappa shape index (κ1) is 12.9. The van der Waals surface area contributed by atoms with Gasteiger partial charge in [-0.1, -0.05) is 11.6 Å². The van der Waals surface area contributed by atoms with E-state index in [4.69, 9.17) is 22.1 Å². The van der Waals surface area contributed by atoms with Gasteiger partial charge in [0.2, 0.25) is 0 Å². The van der Waals surface area contributed by atoms with Gasteiger partial charge >= 0.3 is 0 Å². The summed E-state index contributed by atoms with van der Waals surface area (Å²) in [5.41, 5.74) is 8.61. The van der Waals surface area contributed by atoms with Crippen LogP contribution in [0.1, 0.15) is 11.3 Å². The maximum absolute atomic E-state index is 6.03. The van der Waals surface area contributed by atoms with Crippen LogP contribution in [-0.2, 0) is 6.42 Å². The van der Waals surface area contributed by atoms with Crippen molar-refractivity contribution < 1.29 is 4.74 Å². The number of nitrogens with zero attached hydrogens (tertiary/aromatic N) is 2. The van der Waals surface area contributed by atoms with Gasteiger partial charge in [0.1, 0.15) is 11.4 Å². The molecule has 96 valence electrons. The summed E-state index contributed by atoms with van der Waals surface area (Å²) in [6, 6.07) is 5.47. The molecule has 0 aliphatic carbocycles. The van der Waals surface area contributed by atoms with Crippen LogP contribution in [0.2, 0.25) is 5.02 Å². The first-order chi connectivity index (χ1) is 8.67. The van der Waals surface area contributed by atoms with Gasteiger partial charge in [-0.2, -0.15) is 5.10 Å². The molecule has 5 heteroatoms. The molecule has 0 amide bonds. The van der Waals surface area contributed by atoms with E-state index >= 15 is 0 Å². The van der Waals surface area contributed by atoms with Crippen LogP contribution in [0.5, 0.6) is 5.75 Å². The topological polar surface area (TPSA) is 53.1 Å². The molecule has 0 aliphatic heterocycles. The highest BCUT2D eigenvalue weighted by Crippen LogP contribution is 2.27. The Bertz CT molecular complexity index is 551. The average molecular weight is 266 g/mol. The zero-order valence-corrected chi connectivity index (χ0v) is 11.2. The van der Waals surface area contributed by atoms with Crippen LogP contribution >= 0.6 is 11.6 Å². The van der Waals surface area contributed by atoms with Crippen LogP contribution < -0.4 is 10.5 Å². The number of rotatable bonds is 4. The van der Waals surface area contributed by atoms with Gasteiger partial charge in [-0.25, -0.2) is 4.68 Å². The molecule has 0 unspecified atom stereocenters. The van der Waals surface area contributed by atoms with E-state index in [1.165, 1.54) is 0 Å². The van der Waals surface area contributed by atoms with Crippen molar-refractivity contribution in [2.24, 2.45) is 5.73 Å². The number of hydrogen-bond donors (Lipinski definition) is 1. The maximum atomic E-state index is 6.03. The summed E-state index contributed by atoms with van der Waals surface area (Å²) in [7, 11) is 1.63. The zero-order valence-electron chi connectivity index (χ0n) is 10.5. The molecule has 0 radical (unpaired) electrons. The summed E-state index contributed by atoms with van der Waals surface area (Å²) in [5, 5.41) is 5.03. The lowest BCUT2D eigenvalue weighted by Crippen LogP contribution is -2.05. The molecule has 2 N–H and O–H groups in total. The first-order valence-corrected chi connectivity index (χ1v) is 6.12. The van der Waals surface area contributed by atoms with Crippen LogP contribution in [0, 0.1) is 6.92 Å². The van der Waals surface area contributed by atoms with E-state index in [1.54, 1.807) is 13.2 Å². The largest absolute Gasteiger partial charge is 0.494 e. The number of methoxy groups -OCH3 is 1. The van der Waals surface area contributed by atoms with Gasteiger partial charge in [0.05, 0.1) is 13.3 Å². The molecule has 0 spiro atoms. The number of hydrogen-bond acceptors (Lipinski definition) is 3. The predicted molar refractivity (Wildman–Crippen MR) is 72.6 cm³/mol. The molecule has 1 aromatic heterocycles. The second-order valence-corrected chi connectivity index (χ2v) is 4.46. The molecule has 0 fully saturated rings. The quantitative estimate of drug-likeness (QED) is 0.923. The van der Waals surface area contributed by atoms with Gasteiger partial charge < -0.3 is 10.5 Å². The van der Waals surface area contributed by atoms with E-state index in [1.807, 2.05) is 29.9 Å². The van der Waals surface area contributed by atoms with E-state index in [2.05, 4.69) is 5.10 Å². The Balaban J connectivity index is 2.51. The standard InChI is InChI=1S/C13H16ClN3O/c1-9-10(5-6-15)8-16-17(9)12-7-11(14)3-4-13(12)18-2/h3-4,7-8H,5-6,15H2,1-2H3. The van der Waals surface area contributed by atoms with E-state index in [0.29, 0.717) is 11.6 Å². The highest BCUT2D eigenvalue weighted by atomic mass is 35.5. The van der Waals surface area contributed by atoms with Crippen molar-refractivity contribution in [3.8, 4) is 11.4 Å². The molecule has 2 rings (SSSR count). The van der Waals surface area contributed by atoms with Gasteiger partial charge in [-0.3, -0.25) is 0 Å². The minimum absolute atomic E-state index is 0.610. The molecule has 2 aromatic rings. The summed E-state index contributed by atoms with van der Waals surface area (Å²) in [6.07, 6.45) is 2.65. The van der Waals surface area contributed by atoms with Gasteiger partial charge in [0.15, 0.2) is 0 Å². The van der Waals surface area contributed by atoms with Crippen molar-refractivity contribution in [3.05, 3.63) is 40.7 Å². The Morgan fingerprint density at radius 1 is 1.44 bits per heavy atom. The minimum atomic E-state index is 0.610. The van der Waals surface area contributed by atoms with Crippen LogP contribution in [0.25, 0.3) is 5.69 Å². The van der Waals surface area contributed by atoms with Crippen molar-refractivity contribution in [1.82, 2.24) is 9.78 Å². The van der Waals surface area contributed by atoms with Crippen molar-refractivity contribution >= 4 is 11.6 Å². The number of benzene rings is 1. The molecule has 4 nitrogen and oxygen atoms in total. The highest BCUT2D eigenvalue weighted by Gasteiger charge is 2.12. The lowest BCUT2D eigenvalue weighted by molar-refractivity contribution is 0.411. The second kappa shape index (κ2) is 5.42. The molecule has 1 aromatic carbocycles. The van der Waals surface area contributed by atoms with Crippen LogP contribution in [-0.4, -0.2) is 23.4 Å². The number of ether oxygens (including phenoxy) is 1. The fourth-order valence-electron chi connectivity index (χ4n) is 1.92. The Kier molecular flexibility index (Phi) is 3.89. The molecule has 0 saturated heterocycles. The normalized spacial score (nSPS) is 10.7. The summed E-state index contributed by atoms with van der Waals surface area (Å²) >= 11 is 6.03. The summed E-state index contributed by atoms with van der Waals surface area (Å²) in [4.78, 5) is 0. The third kappa shape index (κ3) is 2.35. The van der Waals surface area contributed by atoms with E-state index in [-0.39, 0.29) is 0 Å². The number of aromatic nitrogens is 2. The Morgan fingerprint density at radius 3 is 2.89 bits per heavy atom. The summed E-state index contributed by atoms with van der Waals surface area (Å²) in [5.74, 6) is 0.741. The van der Waals surface area contributed by atoms with Crippen LogP contribution in [0.15, 0.2) is 24.4 Å². The Labute approximate surface area is 111 Å². The third-order valence-corrected chi connectivity index (χ3v) is 3.13. The lowest BCUT2D eigenvalue weighted by atomic mass is 10.2. The molecule has 18 heavy (non-hydrogen) atoms. The Morgan fingerprint density at radius 2 is 2.22 bits per heavy atom. The fourth-order valence-corrected chi connectivity index (χ4v) is 2.08. The summed E-state index contributed by atoms with van der Waals surface area (Å²) < 4.78 is 7.16. The number of halogens is 1. The molecule has 0 atom stereocenters. The minimum Gasteiger partial charge on any atom is -0.494 e. The average Bonchev–Trinajstić information content (AvgIpc) is 2.72. The van der Waals surface area contributed by atoms with Gasteiger partial charge in [0, 0.05) is 10.7 Å². The van der Waals surface area contributed by atoms with Crippen molar-refractivity contribution in [2.75, 3.05) is 13.7 Å². The van der Waals surface area contributed by atoms with Crippen molar-refractivity contribution in [3.63, 3.8) is 0 Å². The molecule has 0 bridgehead atoms. The predicted octanol–water partition coefficient (Wildman–Crippen LogP) is 2.34. The molecular formula is C13H16ClN3O. The monoisotopic (exact) mass is 265 g/mol. The lowest BCUT2D eigenvalue weighted by Gasteiger charge is -2.11. The van der Waals surface area contributed by atoms with E-state index < -0.39 is 0 Å². The summed E-state index contributed by atoms with van der Waals surface area (Å²) in [6.45, 7) is 2.62. The highest BCUT2D eigenvalue weighted by molar-refractivity contribution is 6.30. The number of nitrogens with two attached hydrogens (primary N) is 1. The third-order valence-electron chi connectivity index (χ3n) is 2.89. The van der Waals surface area contributed by atoms with Gasteiger partial charge in [0.25, 0.3) is 0 Å². The zero-order chi connectivity index (χ0) is 13.1. The Hall–Kier alpha value is -1.52. The van der Waals surface area contributed by atoms with Crippen LogP contribution in [0.4, 0.5) is 0 Å². The van der Waals surface area contributed by atoms with Gasteiger partial charge in [-0.05, 0) is 43.7 Å². The molecule has 1 heterocycles. The van der Waals surface area contributed by atoms with Crippen molar-refractivity contribution in [2.45, 2.75) is 13.3 Å². The van der Waals surface area contributed by atoms with Crippen LogP contribution in [0.3, 0.4) is 0 Å².